The van der Waals surface area contributed by atoms with Gasteiger partial charge in [-0.1, -0.05) is 11.6 Å². The molecule has 0 spiro atoms. The molecule has 1 N–H and O–H groups in total. The number of hydrogen-bond acceptors (Lipinski definition) is 6. The number of rotatable bonds is 7. The van der Waals surface area contributed by atoms with E-state index in [-0.39, 0.29) is 28.6 Å². The van der Waals surface area contributed by atoms with Gasteiger partial charge in [0.25, 0.3) is 5.91 Å². The molecule has 0 radical (unpaired) electrons. The van der Waals surface area contributed by atoms with Gasteiger partial charge in [-0.25, -0.2) is 12.7 Å². The SMILES string of the molecule is COc1ccc(OC)c(CCNC(=O)c2cc(N3C(=O)C(C)(C)CS3(=O)=O)ccc2Cl)c1. The average molecular weight is 481 g/mol. The summed E-state index contributed by atoms with van der Waals surface area (Å²) in [5.41, 5.74) is -0.0292. The molecule has 3 rings (SSSR count). The van der Waals surface area contributed by atoms with E-state index in [1.807, 2.05) is 6.07 Å². The number of nitrogens with one attached hydrogen (secondary N) is 1. The molecular formula is C22H25ClN2O6S. The smallest absolute Gasteiger partial charge is 0.252 e. The zero-order chi connectivity index (χ0) is 23.7. The predicted octanol–water partition coefficient (Wildman–Crippen LogP) is 3.03. The molecule has 1 aliphatic heterocycles. The number of carbonyl (C=O) groups excluding carboxylic acids is 2. The summed E-state index contributed by atoms with van der Waals surface area (Å²) < 4.78 is 36.4. The van der Waals surface area contributed by atoms with Crippen molar-refractivity contribution in [1.29, 1.82) is 0 Å². The van der Waals surface area contributed by atoms with E-state index >= 15 is 0 Å². The molecule has 10 heteroatoms. The molecule has 0 unspecified atom stereocenters. The highest BCUT2D eigenvalue weighted by molar-refractivity contribution is 7.94. The molecule has 2 aromatic carbocycles. The van der Waals surface area contributed by atoms with Crippen LogP contribution in [0.1, 0.15) is 29.8 Å². The van der Waals surface area contributed by atoms with Crippen LogP contribution in [0.25, 0.3) is 0 Å². The van der Waals surface area contributed by atoms with Gasteiger partial charge in [0, 0.05) is 6.54 Å². The van der Waals surface area contributed by atoms with Crippen molar-refractivity contribution in [2.45, 2.75) is 20.3 Å². The molecule has 1 saturated heterocycles. The normalized spacial score (nSPS) is 16.7. The number of sulfonamides is 1. The number of halogens is 1. The Hall–Kier alpha value is -2.78. The minimum atomic E-state index is -3.84. The maximum absolute atomic E-state index is 12.8. The summed E-state index contributed by atoms with van der Waals surface area (Å²) >= 11 is 6.19. The number of benzene rings is 2. The Balaban J connectivity index is 1.78. The average Bonchev–Trinajstić information content (AvgIpc) is 2.90. The lowest BCUT2D eigenvalue weighted by atomic mass is 9.95. The van der Waals surface area contributed by atoms with Crippen LogP contribution in [0.2, 0.25) is 5.02 Å². The van der Waals surface area contributed by atoms with E-state index in [1.165, 1.54) is 18.2 Å². The molecule has 1 aliphatic rings. The van der Waals surface area contributed by atoms with Crippen LogP contribution in [0, 0.1) is 5.41 Å². The lowest BCUT2D eigenvalue weighted by Crippen LogP contribution is -2.33. The van der Waals surface area contributed by atoms with Crippen LogP contribution in [-0.4, -0.2) is 46.7 Å². The zero-order valence-electron chi connectivity index (χ0n) is 18.3. The highest BCUT2D eigenvalue weighted by atomic mass is 35.5. The van der Waals surface area contributed by atoms with Crippen LogP contribution >= 0.6 is 11.6 Å². The summed E-state index contributed by atoms with van der Waals surface area (Å²) in [6.07, 6.45) is 0.469. The number of nitrogens with zero attached hydrogens (tertiary/aromatic N) is 1. The topological polar surface area (TPSA) is 102 Å². The minimum absolute atomic E-state index is 0.0782. The lowest BCUT2D eigenvalue weighted by molar-refractivity contribution is -0.123. The number of carbonyl (C=O) groups is 2. The van der Waals surface area contributed by atoms with Gasteiger partial charge in [-0.2, -0.15) is 0 Å². The van der Waals surface area contributed by atoms with E-state index in [4.69, 9.17) is 21.1 Å². The second-order valence-electron chi connectivity index (χ2n) is 8.06. The number of ether oxygens (including phenoxy) is 2. The van der Waals surface area contributed by atoms with Crippen molar-refractivity contribution in [3.8, 4) is 11.5 Å². The van der Waals surface area contributed by atoms with Gasteiger partial charge in [0.2, 0.25) is 15.9 Å². The van der Waals surface area contributed by atoms with Crippen molar-refractivity contribution in [2.75, 3.05) is 30.8 Å². The maximum Gasteiger partial charge on any atom is 0.252 e. The first-order chi connectivity index (χ1) is 15.0. The Bertz CT molecular complexity index is 1160. The van der Waals surface area contributed by atoms with Crippen molar-refractivity contribution < 1.29 is 27.5 Å². The fourth-order valence-corrected chi connectivity index (χ4v) is 5.86. The van der Waals surface area contributed by atoms with Crippen molar-refractivity contribution in [3.05, 3.63) is 52.5 Å². The van der Waals surface area contributed by atoms with Gasteiger partial charge in [-0.15, -0.1) is 0 Å². The Morgan fingerprint density at radius 2 is 1.88 bits per heavy atom. The Morgan fingerprint density at radius 1 is 1.16 bits per heavy atom. The van der Waals surface area contributed by atoms with Crippen molar-refractivity contribution in [3.63, 3.8) is 0 Å². The van der Waals surface area contributed by atoms with E-state index in [2.05, 4.69) is 5.32 Å². The van der Waals surface area contributed by atoms with Gasteiger partial charge in [0.1, 0.15) is 11.5 Å². The van der Waals surface area contributed by atoms with Crippen LogP contribution in [-0.2, 0) is 21.2 Å². The lowest BCUT2D eigenvalue weighted by Gasteiger charge is -2.18. The van der Waals surface area contributed by atoms with Crippen molar-refractivity contribution in [1.82, 2.24) is 5.32 Å². The Kier molecular flexibility index (Phi) is 6.71. The van der Waals surface area contributed by atoms with Gasteiger partial charge >= 0.3 is 0 Å². The van der Waals surface area contributed by atoms with Gasteiger partial charge in [0.05, 0.1) is 41.7 Å². The number of hydrogen-bond donors (Lipinski definition) is 1. The van der Waals surface area contributed by atoms with Crippen molar-refractivity contribution >= 4 is 39.1 Å². The maximum atomic E-state index is 12.8. The fraction of sp³-hybridized carbons (Fsp3) is 0.364. The zero-order valence-corrected chi connectivity index (χ0v) is 19.8. The summed E-state index contributed by atoms with van der Waals surface area (Å²) in [5, 5.41) is 2.92. The number of amides is 2. The van der Waals surface area contributed by atoms with Crippen LogP contribution in [0.4, 0.5) is 5.69 Å². The van der Waals surface area contributed by atoms with Gasteiger partial charge < -0.3 is 14.8 Å². The third-order valence-corrected chi connectivity index (χ3v) is 7.53. The quantitative estimate of drug-likeness (QED) is 0.653. The van der Waals surface area contributed by atoms with E-state index in [0.717, 1.165) is 9.87 Å². The number of anilines is 1. The van der Waals surface area contributed by atoms with Crippen LogP contribution in [0.3, 0.4) is 0 Å². The molecule has 0 aliphatic carbocycles. The largest absolute Gasteiger partial charge is 0.497 e. The van der Waals surface area contributed by atoms with Crippen LogP contribution in [0.5, 0.6) is 11.5 Å². The molecule has 0 aromatic heterocycles. The van der Waals surface area contributed by atoms with Crippen LogP contribution < -0.4 is 19.1 Å². The molecule has 1 fully saturated rings. The fourth-order valence-electron chi connectivity index (χ4n) is 3.56. The first kappa shape index (κ1) is 23.9. The highest BCUT2D eigenvalue weighted by Gasteiger charge is 2.50. The summed E-state index contributed by atoms with van der Waals surface area (Å²) in [7, 11) is -0.712. The van der Waals surface area contributed by atoms with E-state index < -0.39 is 27.3 Å². The first-order valence-electron chi connectivity index (χ1n) is 9.86. The molecule has 172 valence electrons. The Morgan fingerprint density at radius 3 is 2.47 bits per heavy atom. The molecule has 8 nitrogen and oxygen atoms in total. The molecule has 0 saturated carbocycles. The van der Waals surface area contributed by atoms with Gasteiger partial charge in [0.15, 0.2) is 0 Å². The second-order valence-corrected chi connectivity index (χ2v) is 10.3. The molecule has 32 heavy (non-hydrogen) atoms. The third kappa shape index (κ3) is 4.68. The minimum Gasteiger partial charge on any atom is -0.497 e. The molecule has 0 atom stereocenters. The van der Waals surface area contributed by atoms with E-state index in [9.17, 15) is 18.0 Å². The molecule has 1 heterocycles. The summed E-state index contributed by atoms with van der Waals surface area (Å²) in [4.78, 5) is 25.4. The molecule has 2 amide bonds. The summed E-state index contributed by atoms with van der Waals surface area (Å²) in [6, 6.07) is 9.53. The monoisotopic (exact) mass is 480 g/mol. The first-order valence-corrected chi connectivity index (χ1v) is 11.8. The van der Waals surface area contributed by atoms with Gasteiger partial charge in [-0.3, -0.25) is 9.59 Å². The Labute approximate surface area is 192 Å². The standard InChI is InChI=1S/C22H25ClN2O6S/c1-22(2)13-32(28,29)25(21(22)27)15-5-7-18(23)17(12-15)20(26)24-10-9-14-11-16(30-3)6-8-19(14)31-4/h5-8,11-12H,9-10,13H2,1-4H3,(H,24,26). The highest BCUT2D eigenvalue weighted by Crippen LogP contribution is 2.37. The third-order valence-electron chi connectivity index (χ3n) is 5.18. The predicted molar refractivity (Wildman–Crippen MR) is 122 cm³/mol. The van der Waals surface area contributed by atoms with E-state index in [1.54, 1.807) is 40.2 Å². The van der Waals surface area contributed by atoms with Crippen molar-refractivity contribution in [2.24, 2.45) is 5.41 Å². The molecular weight excluding hydrogens is 456 g/mol. The van der Waals surface area contributed by atoms with E-state index in [0.29, 0.717) is 17.9 Å². The van der Waals surface area contributed by atoms with Crippen LogP contribution in [0.15, 0.2) is 36.4 Å². The van der Waals surface area contributed by atoms with Gasteiger partial charge in [-0.05, 0) is 62.2 Å². The molecule has 0 bridgehead atoms. The second kappa shape index (κ2) is 8.99. The summed E-state index contributed by atoms with van der Waals surface area (Å²) in [6.45, 7) is 3.42. The summed E-state index contributed by atoms with van der Waals surface area (Å²) in [5.74, 6) is 0.00629. The number of methoxy groups -OCH3 is 2. The molecule has 2 aromatic rings.